The summed E-state index contributed by atoms with van der Waals surface area (Å²) in [7, 11) is 0.294. The summed E-state index contributed by atoms with van der Waals surface area (Å²) < 4.78 is 36.8. The van der Waals surface area contributed by atoms with Crippen molar-refractivity contribution in [1.29, 1.82) is 0 Å². The Hall–Kier alpha value is -2.66. The number of benzene rings is 2. The zero-order valence-electron chi connectivity index (χ0n) is 25.3. The average molecular weight is 616 g/mol. The van der Waals surface area contributed by atoms with E-state index in [-0.39, 0.29) is 24.3 Å². The van der Waals surface area contributed by atoms with E-state index in [4.69, 9.17) is 30.5 Å². The molecule has 0 saturated carbocycles. The van der Waals surface area contributed by atoms with E-state index in [9.17, 15) is 8.42 Å². The predicted octanol–water partition coefficient (Wildman–Crippen LogP) is 5.15. The van der Waals surface area contributed by atoms with Gasteiger partial charge in [0.2, 0.25) is 0 Å². The first-order valence-corrected chi connectivity index (χ1v) is 16.6. The van der Waals surface area contributed by atoms with Crippen molar-refractivity contribution in [3.05, 3.63) is 52.7 Å². The van der Waals surface area contributed by atoms with Crippen molar-refractivity contribution in [2.75, 3.05) is 62.5 Å². The molecular weight excluding hydrogens is 574 g/mol. The Morgan fingerprint density at radius 1 is 1.12 bits per heavy atom. The minimum absolute atomic E-state index is 0.137. The molecule has 1 aromatic heterocycles. The van der Waals surface area contributed by atoms with E-state index in [1.807, 2.05) is 44.9 Å². The van der Waals surface area contributed by atoms with Crippen molar-refractivity contribution < 1.29 is 17.3 Å². The number of fused-ring (bicyclic) bond motifs is 2. The molecule has 2 aliphatic rings. The van der Waals surface area contributed by atoms with Crippen LogP contribution in [-0.4, -0.2) is 82.0 Å². The fourth-order valence-corrected chi connectivity index (χ4v) is 6.98. The van der Waals surface area contributed by atoms with Crippen molar-refractivity contribution in [3.63, 3.8) is 0 Å². The highest BCUT2D eigenvalue weighted by atomic mass is 35.5. The summed E-state index contributed by atoms with van der Waals surface area (Å²) >= 11 is 6.67. The van der Waals surface area contributed by atoms with Gasteiger partial charge in [-0.15, -0.1) is 0 Å². The van der Waals surface area contributed by atoms with Crippen LogP contribution in [0.25, 0.3) is 10.8 Å². The number of rotatable bonds is 10. The topological polar surface area (TPSA) is 88.1 Å². The number of hydrogen-bond donors (Lipinski definition) is 0. The molecule has 0 amide bonds. The van der Waals surface area contributed by atoms with Gasteiger partial charge in [-0.25, -0.2) is 0 Å². The monoisotopic (exact) mass is 615 g/mol. The molecular formula is C31H42ClN5O4S. The minimum Gasteiger partial charge on any atom is -0.462 e. The van der Waals surface area contributed by atoms with Gasteiger partial charge < -0.3 is 19.4 Å². The van der Waals surface area contributed by atoms with Crippen molar-refractivity contribution in [2.24, 2.45) is 5.41 Å². The van der Waals surface area contributed by atoms with E-state index in [1.54, 1.807) is 0 Å². The van der Waals surface area contributed by atoms with E-state index in [0.717, 1.165) is 58.7 Å². The van der Waals surface area contributed by atoms with Crippen LogP contribution in [0.4, 0.5) is 11.5 Å². The Bertz CT molecular complexity index is 1520. The van der Waals surface area contributed by atoms with E-state index in [0.29, 0.717) is 37.4 Å². The standard InChI is InChI=1S/C31H42ClN5O4S/c1-31(2,3)21-41-42(38,39)18-17-36(5)29-24-14-16-37(27-13-7-10-22-9-6-12-25(32)28(22)27)19-26(24)33-30(34-29)40-20-23-11-8-15-35(23)4/h6-7,9-10,12-13,23H,8,11,14-21H2,1-5H3/t23-/m0/s1. The lowest BCUT2D eigenvalue weighted by atomic mass is 9.99. The van der Waals surface area contributed by atoms with Crippen LogP contribution in [0, 0.1) is 5.41 Å². The summed E-state index contributed by atoms with van der Waals surface area (Å²) in [4.78, 5) is 16.2. The number of anilines is 2. The molecule has 3 aromatic rings. The second-order valence-electron chi connectivity index (χ2n) is 12.6. The molecule has 1 atom stereocenters. The molecule has 1 fully saturated rings. The fourth-order valence-electron chi connectivity index (χ4n) is 5.55. The van der Waals surface area contributed by atoms with Crippen LogP contribution in [-0.2, 0) is 27.3 Å². The molecule has 42 heavy (non-hydrogen) atoms. The lowest BCUT2D eigenvalue weighted by Gasteiger charge is -2.33. The fraction of sp³-hybridized carbons (Fsp3) is 0.548. The summed E-state index contributed by atoms with van der Waals surface area (Å²) in [6, 6.07) is 12.8. The van der Waals surface area contributed by atoms with Gasteiger partial charge in [-0.3, -0.25) is 4.18 Å². The van der Waals surface area contributed by atoms with Gasteiger partial charge in [0.25, 0.3) is 10.1 Å². The molecule has 11 heteroatoms. The third kappa shape index (κ3) is 7.27. The summed E-state index contributed by atoms with van der Waals surface area (Å²) in [5.41, 5.74) is 2.71. The van der Waals surface area contributed by atoms with E-state index in [1.165, 1.54) is 0 Å². The number of likely N-dealkylation sites (tertiary alicyclic amines) is 1. The third-order valence-corrected chi connectivity index (χ3v) is 9.46. The van der Waals surface area contributed by atoms with Gasteiger partial charge in [0, 0.05) is 42.8 Å². The summed E-state index contributed by atoms with van der Waals surface area (Å²) in [6.07, 6.45) is 2.93. The lowest BCUT2D eigenvalue weighted by molar-refractivity contribution is 0.187. The highest BCUT2D eigenvalue weighted by molar-refractivity contribution is 7.86. The molecule has 0 radical (unpaired) electrons. The van der Waals surface area contributed by atoms with Gasteiger partial charge in [0.05, 0.1) is 29.6 Å². The van der Waals surface area contributed by atoms with E-state index in [2.05, 4.69) is 41.1 Å². The maximum atomic E-state index is 12.7. The van der Waals surface area contributed by atoms with Crippen LogP contribution >= 0.6 is 11.6 Å². The zero-order valence-corrected chi connectivity index (χ0v) is 26.8. The number of ether oxygens (including phenoxy) is 1. The second-order valence-corrected chi connectivity index (χ2v) is 14.8. The van der Waals surface area contributed by atoms with Crippen LogP contribution in [0.3, 0.4) is 0 Å². The number of hydrogen-bond acceptors (Lipinski definition) is 9. The first-order chi connectivity index (χ1) is 19.9. The van der Waals surface area contributed by atoms with Gasteiger partial charge >= 0.3 is 6.01 Å². The Balaban J connectivity index is 1.41. The molecule has 228 valence electrons. The van der Waals surface area contributed by atoms with E-state index >= 15 is 0 Å². The molecule has 0 spiro atoms. The molecule has 0 unspecified atom stereocenters. The zero-order chi connectivity index (χ0) is 30.1. The van der Waals surface area contributed by atoms with Gasteiger partial charge in [0.1, 0.15) is 12.4 Å². The second kappa shape index (κ2) is 12.5. The van der Waals surface area contributed by atoms with Crippen molar-refractivity contribution >= 4 is 44.0 Å². The quantitative estimate of drug-likeness (QED) is 0.287. The summed E-state index contributed by atoms with van der Waals surface area (Å²) in [6.45, 7) is 9.11. The molecule has 1 saturated heterocycles. The normalized spacial score (nSPS) is 18.0. The highest BCUT2D eigenvalue weighted by Crippen LogP contribution is 2.36. The first kappa shape index (κ1) is 30.8. The molecule has 5 rings (SSSR count). The largest absolute Gasteiger partial charge is 0.462 e. The first-order valence-electron chi connectivity index (χ1n) is 14.6. The Morgan fingerprint density at radius 2 is 1.88 bits per heavy atom. The SMILES string of the molecule is CN(CCS(=O)(=O)OCC(C)(C)C)c1nc(OC[C@@H]2CCCN2C)nc2c1CCN(c1cccc3cccc(Cl)c13)C2. The molecule has 0 aliphatic carbocycles. The van der Waals surface area contributed by atoms with Crippen LogP contribution in [0.2, 0.25) is 5.02 Å². The molecule has 0 N–H and O–H groups in total. The minimum atomic E-state index is -3.69. The molecule has 3 heterocycles. The lowest BCUT2D eigenvalue weighted by Crippen LogP contribution is -2.35. The smallest absolute Gasteiger partial charge is 0.318 e. The van der Waals surface area contributed by atoms with Crippen LogP contribution in [0.5, 0.6) is 6.01 Å². The van der Waals surface area contributed by atoms with Gasteiger partial charge in [-0.05, 0) is 55.8 Å². The third-order valence-electron chi connectivity index (χ3n) is 7.98. The Kier molecular flexibility index (Phi) is 9.18. The van der Waals surface area contributed by atoms with Crippen molar-refractivity contribution in [3.8, 4) is 6.01 Å². The predicted molar refractivity (Wildman–Crippen MR) is 169 cm³/mol. The van der Waals surface area contributed by atoms with Crippen LogP contribution in [0.15, 0.2) is 36.4 Å². The molecule has 2 aliphatic heterocycles. The van der Waals surface area contributed by atoms with Crippen LogP contribution < -0.4 is 14.5 Å². The average Bonchev–Trinajstić information content (AvgIpc) is 3.37. The van der Waals surface area contributed by atoms with Gasteiger partial charge in [-0.2, -0.15) is 18.4 Å². The van der Waals surface area contributed by atoms with Crippen molar-refractivity contribution in [1.82, 2.24) is 14.9 Å². The number of halogens is 1. The van der Waals surface area contributed by atoms with Crippen LogP contribution in [0.1, 0.15) is 44.9 Å². The maximum Gasteiger partial charge on any atom is 0.318 e. The summed E-state index contributed by atoms with van der Waals surface area (Å²) in [5.74, 6) is 0.568. The van der Waals surface area contributed by atoms with Gasteiger partial charge in [0.15, 0.2) is 0 Å². The molecule has 9 nitrogen and oxygen atoms in total. The molecule has 0 bridgehead atoms. The number of likely N-dealkylation sites (N-methyl/N-ethyl adjacent to an activating group) is 1. The Labute approximate surface area is 254 Å². The highest BCUT2D eigenvalue weighted by Gasteiger charge is 2.28. The Morgan fingerprint density at radius 3 is 2.60 bits per heavy atom. The van der Waals surface area contributed by atoms with Gasteiger partial charge in [-0.1, -0.05) is 56.6 Å². The van der Waals surface area contributed by atoms with E-state index < -0.39 is 10.1 Å². The van der Waals surface area contributed by atoms with Crippen molar-refractivity contribution in [2.45, 2.75) is 52.6 Å². The molecule has 2 aromatic carbocycles. The maximum absolute atomic E-state index is 12.7. The number of aromatic nitrogens is 2. The number of nitrogens with zero attached hydrogens (tertiary/aromatic N) is 5. The summed E-state index contributed by atoms with van der Waals surface area (Å²) in [5, 5.41) is 2.84.